The lowest BCUT2D eigenvalue weighted by atomic mass is 10.2. The molecule has 8 heteroatoms. The molecule has 0 aliphatic rings. The van der Waals surface area contributed by atoms with E-state index in [9.17, 15) is 4.79 Å². The first kappa shape index (κ1) is 21.1. The quantitative estimate of drug-likeness (QED) is 0.301. The number of hydrogen-bond acceptors (Lipinski definition) is 6. The molecule has 6 nitrogen and oxygen atoms in total. The van der Waals surface area contributed by atoms with Crippen LogP contribution in [-0.4, -0.2) is 21.9 Å². The summed E-state index contributed by atoms with van der Waals surface area (Å²) >= 11 is 4.64. The van der Waals surface area contributed by atoms with Crippen LogP contribution in [0.2, 0.25) is 0 Å². The Labute approximate surface area is 192 Å². The molecule has 0 unspecified atom stereocenters. The molecule has 1 amide bonds. The summed E-state index contributed by atoms with van der Waals surface area (Å²) in [6, 6.07) is 22.6. The average molecular weight is 496 g/mol. The third kappa shape index (κ3) is 5.53. The van der Waals surface area contributed by atoms with Gasteiger partial charge in [0.1, 0.15) is 5.75 Å². The van der Waals surface area contributed by atoms with Crippen molar-refractivity contribution in [1.29, 1.82) is 0 Å². The molecule has 1 aromatic heterocycles. The van der Waals surface area contributed by atoms with E-state index in [0.29, 0.717) is 28.3 Å². The van der Waals surface area contributed by atoms with Gasteiger partial charge in [0.05, 0.1) is 17.0 Å². The van der Waals surface area contributed by atoms with Gasteiger partial charge in [-0.05, 0) is 59.3 Å². The molecule has 31 heavy (non-hydrogen) atoms. The number of hydrogen-bond donors (Lipinski definition) is 1. The predicted octanol–water partition coefficient (Wildman–Crippen LogP) is 6.33. The fraction of sp³-hybridized carbons (Fsp3) is 0.0870. The van der Waals surface area contributed by atoms with Gasteiger partial charge in [0, 0.05) is 4.47 Å². The Bertz CT molecular complexity index is 1190. The van der Waals surface area contributed by atoms with Gasteiger partial charge < -0.3 is 14.5 Å². The molecule has 4 rings (SSSR count). The summed E-state index contributed by atoms with van der Waals surface area (Å²) in [5, 5.41) is 11.3. The van der Waals surface area contributed by atoms with Gasteiger partial charge in [-0.15, -0.1) is 10.2 Å². The van der Waals surface area contributed by atoms with E-state index >= 15 is 0 Å². The molecule has 0 atom stereocenters. The second-order valence-electron chi connectivity index (χ2n) is 6.60. The Kier molecular flexibility index (Phi) is 6.69. The van der Waals surface area contributed by atoms with Crippen LogP contribution in [0.3, 0.4) is 0 Å². The van der Waals surface area contributed by atoms with Crippen molar-refractivity contribution in [2.45, 2.75) is 12.1 Å². The van der Waals surface area contributed by atoms with Gasteiger partial charge >= 0.3 is 0 Å². The van der Waals surface area contributed by atoms with Crippen molar-refractivity contribution < 1.29 is 13.9 Å². The van der Waals surface area contributed by atoms with Crippen LogP contribution in [0.4, 0.5) is 5.69 Å². The molecule has 0 radical (unpaired) electrons. The number of para-hydroxylation sites is 2. The van der Waals surface area contributed by atoms with Crippen molar-refractivity contribution in [3.8, 4) is 23.0 Å². The van der Waals surface area contributed by atoms with Gasteiger partial charge in [-0.1, -0.05) is 53.7 Å². The monoisotopic (exact) mass is 495 g/mol. The van der Waals surface area contributed by atoms with Crippen molar-refractivity contribution >= 4 is 39.3 Å². The Morgan fingerprint density at radius 3 is 2.58 bits per heavy atom. The molecule has 3 aromatic carbocycles. The van der Waals surface area contributed by atoms with Gasteiger partial charge in [-0.25, -0.2) is 0 Å². The van der Waals surface area contributed by atoms with Crippen LogP contribution in [0.5, 0.6) is 11.5 Å². The highest BCUT2D eigenvalue weighted by molar-refractivity contribution is 9.10. The maximum Gasteiger partial charge on any atom is 0.277 e. The number of nitrogens with zero attached hydrogens (tertiary/aromatic N) is 2. The molecule has 0 aliphatic carbocycles. The van der Waals surface area contributed by atoms with Crippen LogP contribution in [0.25, 0.3) is 11.5 Å². The summed E-state index contributed by atoms with van der Waals surface area (Å²) in [7, 11) is 0. The maximum atomic E-state index is 12.5. The molecule has 1 heterocycles. The Morgan fingerprint density at radius 1 is 1.03 bits per heavy atom. The van der Waals surface area contributed by atoms with Crippen LogP contribution in [0.15, 0.2) is 86.9 Å². The fourth-order valence-corrected chi connectivity index (χ4v) is 3.73. The highest BCUT2D eigenvalue weighted by Crippen LogP contribution is 2.31. The van der Waals surface area contributed by atoms with Crippen LogP contribution in [-0.2, 0) is 4.79 Å². The molecule has 0 saturated heterocycles. The summed E-state index contributed by atoms with van der Waals surface area (Å²) in [5.41, 5.74) is 2.54. The number of aryl methyl sites for hydroxylation is 1. The van der Waals surface area contributed by atoms with Crippen LogP contribution in [0.1, 0.15) is 5.56 Å². The van der Waals surface area contributed by atoms with E-state index in [0.717, 1.165) is 15.6 Å². The lowest BCUT2D eigenvalue weighted by Crippen LogP contribution is -2.14. The van der Waals surface area contributed by atoms with Gasteiger partial charge in [0.25, 0.3) is 5.22 Å². The Balaban J connectivity index is 1.38. The zero-order valence-electron chi connectivity index (χ0n) is 16.5. The summed E-state index contributed by atoms with van der Waals surface area (Å²) in [6.07, 6.45) is 0. The first-order chi connectivity index (χ1) is 15.1. The SMILES string of the molecule is Cc1ccc(Oc2ccccc2NC(=O)CSc2nnc(-c3ccccc3Br)o2)cc1. The average Bonchev–Trinajstić information content (AvgIpc) is 3.24. The zero-order chi connectivity index (χ0) is 21.6. The molecular formula is C23H18BrN3O3S. The Hall–Kier alpha value is -3.10. The number of carbonyl (C=O) groups is 1. The van der Waals surface area contributed by atoms with E-state index in [-0.39, 0.29) is 11.7 Å². The zero-order valence-corrected chi connectivity index (χ0v) is 18.9. The predicted molar refractivity (Wildman–Crippen MR) is 124 cm³/mol. The minimum Gasteiger partial charge on any atom is -0.455 e. The molecule has 0 aliphatic heterocycles. The molecule has 0 saturated carbocycles. The number of nitrogens with one attached hydrogen (secondary N) is 1. The molecule has 4 aromatic rings. The highest BCUT2D eigenvalue weighted by atomic mass is 79.9. The van der Waals surface area contributed by atoms with Gasteiger partial charge in [0.2, 0.25) is 11.8 Å². The molecule has 156 valence electrons. The summed E-state index contributed by atoms with van der Waals surface area (Å²) in [6.45, 7) is 2.01. The summed E-state index contributed by atoms with van der Waals surface area (Å²) < 4.78 is 12.5. The minimum atomic E-state index is -0.203. The number of halogens is 1. The third-order valence-electron chi connectivity index (χ3n) is 4.25. The summed E-state index contributed by atoms with van der Waals surface area (Å²) in [4.78, 5) is 12.5. The van der Waals surface area contributed by atoms with Crippen molar-refractivity contribution in [2.24, 2.45) is 0 Å². The van der Waals surface area contributed by atoms with E-state index in [1.165, 1.54) is 11.8 Å². The van der Waals surface area contributed by atoms with Gasteiger partial charge in [-0.3, -0.25) is 4.79 Å². The smallest absolute Gasteiger partial charge is 0.277 e. The first-order valence-electron chi connectivity index (χ1n) is 9.43. The minimum absolute atomic E-state index is 0.121. The third-order valence-corrected chi connectivity index (χ3v) is 5.76. The maximum absolute atomic E-state index is 12.5. The Morgan fingerprint density at radius 2 is 1.77 bits per heavy atom. The lowest BCUT2D eigenvalue weighted by Gasteiger charge is -2.12. The topological polar surface area (TPSA) is 77.2 Å². The first-order valence-corrected chi connectivity index (χ1v) is 11.2. The fourth-order valence-electron chi connectivity index (χ4n) is 2.72. The lowest BCUT2D eigenvalue weighted by molar-refractivity contribution is -0.113. The molecular weight excluding hydrogens is 478 g/mol. The number of thioether (sulfide) groups is 1. The molecule has 0 fully saturated rings. The number of benzene rings is 3. The van der Waals surface area contributed by atoms with E-state index in [2.05, 4.69) is 31.4 Å². The van der Waals surface area contributed by atoms with Crippen molar-refractivity contribution in [3.63, 3.8) is 0 Å². The van der Waals surface area contributed by atoms with E-state index < -0.39 is 0 Å². The van der Waals surface area contributed by atoms with Crippen molar-refractivity contribution in [2.75, 3.05) is 11.1 Å². The molecule has 1 N–H and O–H groups in total. The number of ether oxygens (including phenoxy) is 1. The second-order valence-corrected chi connectivity index (χ2v) is 8.38. The van der Waals surface area contributed by atoms with Crippen LogP contribution < -0.4 is 10.1 Å². The van der Waals surface area contributed by atoms with Crippen LogP contribution in [0, 0.1) is 6.92 Å². The number of carbonyl (C=O) groups excluding carboxylic acids is 1. The van der Waals surface area contributed by atoms with Crippen LogP contribution >= 0.6 is 27.7 Å². The molecule has 0 spiro atoms. The van der Waals surface area contributed by atoms with E-state index in [4.69, 9.17) is 9.15 Å². The highest BCUT2D eigenvalue weighted by Gasteiger charge is 2.14. The number of aromatic nitrogens is 2. The van der Waals surface area contributed by atoms with E-state index in [1.807, 2.05) is 73.7 Å². The van der Waals surface area contributed by atoms with Crippen molar-refractivity contribution in [1.82, 2.24) is 10.2 Å². The second kappa shape index (κ2) is 9.80. The summed E-state index contributed by atoms with van der Waals surface area (Å²) in [5.74, 6) is 1.58. The molecule has 0 bridgehead atoms. The van der Waals surface area contributed by atoms with Gasteiger partial charge in [0.15, 0.2) is 5.75 Å². The normalized spacial score (nSPS) is 10.6. The van der Waals surface area contributed by atoms with Gasteiger partial charge in [-0.2, -0.15) is 0 Å². The van der Waals surface area contributed by atoms with Crippen molar-refractivity contribution in [3.05, 3.63) is 82.8 Å². The number of rotatable bonds is 7. The standard InChI is InChI=1S/C23H18BrN3O3S/c1-15-10-12-16(13-11-15)29-20-9-5-4-8-19(20)25-21(28)14-31-23-27-26-22(30-23)17-6-2-3-7-18(17)24/h2-13H,14H2,1H3,(H,25,28). The number of anilines is 1. The number of amides is 1. The largest absolute Gasteiger partial charge is 0.455 e. The van der Waals surface area contributed by atoms with E-state index in [1.54, 1.807) is 6.07 Å².